The zero-order valence-corrected chi connectivity index (χ0v) is 26.1. The lowest BCUT2D eigenvalue weighted by Gasteiger charge is -2.37. The molecular weight excluding hydrogens is 604 g/mol. The maximum atomic E-state index is 13.1. The average Bonchev–Trinajstić information content (AvgIpc) is 3.79. The molecule has 47 heavy (non-hydrogen) atoms. The van der Waals surface area contributed by atoms with Crippen molar-refractivity contribution in [2.45, 2.75) is 37.4 Å². The fourth-order valence-corrected chi connectivity index (χ4v) is 5.78. The van der Waals surface area contributed by atoms with Crippen molar-refractivity contribution in [1.29, 1.82) is 0 Å². The summed E-state index contributed by atoms with van der Waals surface area (Å²) in [6.07, 6.45) is 2.70. The monoisotopic (exact) mass is 638 g/mol. The molecule has 1 N–H and O–H groups in total. The van der Waals surface area contributed by atoms with Crippen molar-refractivity contribution in [3.05, 3.63) is 147 Å². The number of carbonyl (C=O) groups excluding carboxylic acids is 1. The lowest BCUT2D eigenvalue weighted by molar-refractivity contribution is -0.0953. The molecule has 1 saturated heterocycles. The standard InChI is InChI=1S/C35H34N4O8/c1-23-20-39(33(41)37-32(23)40)31-19-29(47-34(42)38-18-17-36-22-38)30(46-31)21-45-35(24-7-5-4-6-8-24,25-9-13-27(43-2)14-10-25)26-11-15-28(44-3)16-12-26/h4-18,20,22,29-31H,19,21H2,1-3H3,(H,37,40,41)/t29-,30+,31+/m0/s1. The Kier molecular flexibility index (Phi) is 9.05. The van der Waals surface area contributed by atoms with E-state index >= 15 is 0 Å². The normalized spacial score (nSPS) is 17.7. The van der Waals surface area contributed by atoms with Crippen LogP contribution in [0.15, 0.2) is 113 Å². The van der Waals surface area contributed by atoms with Crippen molar-refractivity contribution >= 4 is 6.09 Å². The molecule has 0 spiro atoms. The molecule has 5 aromatic rings. The van der Waals surface area contributed by atoms with Gasteiger partial charge in [-0.1, -0.05) is 54.6 Å². The first-order valence-corrected chi connectivity index (χ1v) is 15.0. The minimum absolute atomic E-state index is 0.0532. The SMILES string of the molecule is COc1ccc(C(OC[C@H]2O[C@@H](n3cc(C)c(=O)[nH]c3=O)C[C@@H]2OC(=O)n2ccnc2)(c2ccccc2)c2ccc(OC)cc2)cc1. The number of nitrogens with zero attached hydrogens (tertiary/aromatic N) is 3. The molecule has 0 saturated carbocycles. The highest BCUT2D eigenvalue weighted by Gasteiger charge is 2.44. The first kappa shape index (κ1) is 31.5. The average molecular weight is 639 g/mol. The van der Waals surface area contributed by atoms with Gasteiger partial charge in [0, 0.05) is 30.6 Å². The summed E-state index contributed by atoms with van der Waals surface area (Å²) in [5, 5.41) is 0. The molecule has 6 rings (SSSR count). The molecule has 1 aliphatic heterocycles. The molecule has 0 radical (unpaired) electrons. The van der Waals surface area contributed by atoms with Crippen LogP contribution in [0.3, 0.4) is 0 Å². The number of rotatable bonds is 10. The van der Waals surface area contributed by atoms with Crippen LogP contribution in [-0.2, 0) is 19.8 Å². The molecule has 3 atom stereocenters. The topological polar surface area (TPSA) is 136 Å². The van der Waals surface area contributed by atoms with Crippen LogP contribution >= 0.6 is 0 Å². The summed E-state index contributed by atoms with van der Waals surface area (Å²) in [5.41, 5.74) is 0.505. The summed E-state index contributed by atoms with van der Waals surface area (Å²) < 4.78 is 32.7. The molecule has 0 amide bonds. The van der Waals surface area contributed by atoms with Gasteiger partial charge in [-0.25, -0.2) is 19.1 Å². The molecule has 0 unspecified atom stereocenters. The number of aromatic amines is 1. The van der Waals surface area contributed by atoms with Gasteiger partial charge in [-0.2, -0.15) is 0 Å². The number of aromatic nitrogens is 4. The van der Waals surface area contributed by atoms with E-state index in [4.69, 9.17) is 23.7 Å². The van der Waals surface area contributed by atoms with Gasteiger partial charge in [0.15, 0.2) is 0 Å². The van der Waals surface area contributed by atoms with E-state index in [1.165, 1.54) is 34.1 Å². The molecule has 0 aliphatic carbocycles. The number of methoxy groups -OCH3 is 2. The van der Waals surface area contributed by atoms with Crippen LogP contribution in [0.5, 0.6) is 11.5 Å². The van der Waals surface area contributed by atoms with E-state index in [1.54, 1.807) is 21.1 Å². The maximum absolute atomic E-state index is 13.1. The van der Waals surface area contributed by atoms with E-state index in [9.17, 15) is 14.4 Å². The number of H-pyrrole nitrogens is 1. The van der Waals surface area contributed by atoms with E-state index in [2.05, 4.69) is 9.97 Å². The third kappa shape index (κ3) is 6.33. The van der Waals surface area contributed by atoms with Gasteiger partial charge in [0.1, 0.15) is 41.9 Å². The van der Waals surface area contributed by atoms with Crippen LogP contribution in [-0.4, -0.2) is 58.2 Å². The van der Waals surface area contributed by atoms with Crippen LogP contribution in [0.2, 0.25) is 0 Å². The van der Waals surface area contributed by atoms with Gasteiger partial charge in [-0.3, -0.25) is 14.3 Å². The molecule has 3 heterocycles. The number of nitrogens with one attached hydrogen (secondary N) is 1. The van der Waals surface area contributed by atoms with Crippen LogP contribution in [0.25, 0.3) is 0 Å². The number of carbonyl (C=O) groups is 1. The summed E-state index contributed by atoms with van der Waals surface area (Å²) in [6.45, 7) is 1.54. The quantitative estimate of drug-likeness (QED) is 0.221. The van der Waals surface area contributed by atoms with Gasteiger partial charge in [-0.15, -0.1) is 0 Å². The number of benzene rings is 3. The Hall–Kier alpha value is -5.46. The molecule has 0 bridgehead atoms. The summed E-state index contributed by atoms with van der Waals surface area (Å²) in [4.78, 5) is 44.2. The van der Waals surface area contributed by atoms with Crippen molar-refractivity contribution in [1.82, 2.24) is 19.1 Å². The van der Waals surface area contributed by atoms with Gasteiger partial charge in [-0.05, 0) is 47.9 Å². The fourth-order valence-electron chi connectivity index (χ4n) is 5.78. The Bertz CT molecular complexity index is 1870. The van der Waals surface area contributed by atoms with Crippen molar-refractivity contribution < 1.29 is 28.5 Å². The third-order valence-corrected chi connectivity index (χ3v) is 8.24. The highest BCUT2D eigenvalue weighted by molar-refractivity contribution is 5.70. The van der Waals surface area contributed by atoms with Gasteiger partial charge < -0.3 is 23.7 Å². The van der Waals surface area contributed by atoms with Gasteiger partial charge in [0.25, 0.3) is 5.56 Å². The predicted molar refractivity (Wildman–Crippen MR) is 171 cm³/mol. The van der Waals surface area contributed by atoms with E-state index in [1.807, 2.05) is 78.9 Å². The third-order valence-electron chi connectivity index (χ3n) is 8.24. The van der Waals surface area contributed by atoms with Crippen molar-refractivity contribution in [2.24, 2.45) is 0 Å². The Morgan fingerprint density at radius 3 is 2.13 bits per heavy atom. The fraction of sp³-hybridized carbons (Fsp3) is 0.257. The second-order valence-electron chi connectivity index (χ2n) is 11.1. The smallest absolute Gasteiger partial charge is 0.419 e. The summed E-state index contributed by atoms with van der Waals surface area (Å²) in [7, 11) is 3.21. The van der Waals surface area contributed by atoms with Crippen molar-refractivity contribution in [2.75, 3.05) is 20.8 Å². The lowest BCUT2D eigenvalue weighted by Crippen LogP contribution is -2.39. The Morgan fingerprint density at radius 2 is 1.55 bits per heavy atom. The molecule has 2 aromatic heterocycles. The van der Waals surface area contributed by atoms with Crippen molar-refractivity contribution in [3.8, 4) is 11.5 Å². The number of hydrogen-bond acceptors (Lipinski definition) is 9. The van der Waals surface area contributed by atoms with E-state index < -0.39 is 41.4 Å². The lowest BCUT2D eigenvalue weighted by atomic mass is 9.80. The molecule has 242 valence electrons. The van der Waals surface area contributed by atoms with Crippen LogP contribution < -0.4 is 20.7 Å². The summed E-state index contributed by atoms with van der Waals surface area (Å²) in [5.74, 6) is 1.36. The number of hydrogen-bond donors (Lipinski definition) is 1. The molecule has 3 aromatic carbocycles. The maximum Gasteiger partial charge on any atom is 0.419 e. The summed E-state index contributed by atoms with van der Waals surface area (Å²) in [6, 6.07) is 25.0. The zero-order chi connectivity index (χ0) is 33.0. The molecule has 1 aliphatic rings. The first-order valence-electron chi connectivity index (χ1n) is 15.0. The minimum Gasteiger partial charge on any atom is -0.497 e. The molecule has 12 heteroatoms. The Morgan fingerprint density at radius 1 is 0.936 bits per heavy atom. The zero-order valence-electron chi connectivity index (χ0n) is 26.1. The molecular formula is C35H34N4O8. The van der Waals surface area contributed by atoms with Crippen LogP contribution in [0, 0.1) is 6.92 Å². The second-order valence-corrected chi connectivity index (χ2v) is 11.1. The number of ether oxygens (including phenoxy) is 5. The predicted octanol–water partition coefficient (Wildman–Crippen LogP) is 4.41. The number of aryl methyl sites for hydroxylation is 1. The highest BCUT2D eigenvalue weighted by Crippen LogP contribution is 2.43. The Labute approximate surface area is 270 Å². The highest BCUT2D eigenvalue weighted by atomic mass is 16.6. The molecule has 12 nitrogen and oxygen atoms in total. The first-order chi connectivity index (χ1) is 22.8. The second kappa shape index (κ2) is 13.5. The molecule has 1 fully saturated rings. The van der Waals surface area contributed by atoms with Gasteiger partial charge >= 0.3 is 11.8 Å². The van der Waals surface area contributed by atoms with Gasteiger partial charge in [0.2, 0.25) is 0 Å². The van der Waals surface area contributed by atoms with Crippen LogP contribution in [0.1, 0.15) is 34.9 Å². The Balaban J connectivity index is 1.41. The number of imidazole rings is 1. The van der Waals surface area contributed by atoms with Crippen molar-refractivity contribution in [3.63, 3.8) is 0 Å². The largest absolute Gasteiger partial charge is 0.497 e. The minimum atomic E-state index is -1.16. The van der Waals surface area contributed by atoms with Gasteiger partial charge in [0.05, 0.1) is 20.8 Å². The van der Waals surface area contributed by atoms with Crippen LogP contribution in [0.4, 0.5) is 4.79 Å². The van der Waals surface area contributed by atoms with E-state index in [0.717, 1.165) is 16.7 Å². The van der Waals surface area contributed by atoms with E-state index in [-0.39, 0.29) is 13.0 Å². The van der Waals surface area contributed by atoms with E-state index in [0.29, 0.717) is 17.1 Å². The summed E-state index contributed by atoms with van der Waals surface area (Å²) >= 11 is 0.